The van der Waals surface area contributed by atoms with Gasteiger partial charge in [-0.1, -0.05) is 43.3 Å². The molecule has 27 heavy (non-hydrogen) atoms. The third-order valence-corrected chi connectivity index (χ3v) is 5.76. The number of carbonyl (C=O) groups excluding carboxylic acids is 1. The van der Waals surface area contributed by atoms with Crippen LogP contribution in [0, 0.1) is 0 Å². The molecule has 1 heterocycles. The van der Waals surface area contributed by atoms with Gasteiger partial charge < -0.3 is 10.2 Å². The molecule has 1 aliphatic heterocycles. The van der Waals surface area contributed by atoms with E-state index in [2.05, 4.69) is 36.5 Å². The third kappa shape index (κ3) is 4.96. The maximum atomic E-state index is 13.1. The Morgan fingerprint density at radius 3 is 2.30 bits per heavy atom. The molecular weight excluding hydrogens is 360 g/mol. The molecule has 0 aliphatic carbocycles. The molecule has 0 bridgehead atoms. The lowest BCUT2D eigenvalue weighted by molar-refractivity contribution is 0.0634. The van der Waals surface area contributed by atoms with E-state index in [1.54, 1.807) is 24.3 Å². The van der Waals surface area contributed by atoms with Crippen molar-refractivity contribution in [2.45, 2.75) is 25.1 Å². The van der Waals surface area contributed by atoms with E-state index in [4.69, 9.17) is 0 Å². The van der Waals surface area contributed by atoms with E-state index in [-0.39, 0.29) is 17.7 Å². The smallest absolute Gasteiger partial charge is 0.254 e. The van der Waals surface area contributed by atoms with Gasteiger partial charge in [-0.05, 0) is 35.2 Å². The summed E-state index contributed by atoms with van der Waals surface area (Å²) in [6.45, 7) is 4.26. The zero-order valence-corrected chi connectivity index (χ0v) is 16.6. The van der Waals surface area contributed by atoms with Gasteiger partial charge in [0.2, 0.25) is 0 Å². The van der Waals surface area contributed by atoms with Crippen LogP contribution < -0.4 is 5.32 Å². The average molecular weight is 387 g/mol. The van der Waals surface area contributed by atoms with Crippen LogP contribution in [0.5, 0.6) is 0 Å². The second-order valence-corrected chi connectivity index (χ2v) is 9.22. The van der Waals surface area contributed by atoms with Gasteiger partial charge in [-0.3, -0.25) is 4.79 Å². The number of benzene rings is 2. The SMILES string of the molecule is CCc1ccc(C2CNCCN2C(=O)c2ccc(CS(C)(=O)=O)cc2)cc1. The molecule has 144 valence electrons. The summed E-state index contributed by atoms with van der Waals surface area (Å²) >= 11 is 0. The molecule has 1 fully saturated rings. The number of sulfone groups is 1. The number of nitrogens with one attached hydrogen (secondary N) is 1. The van der Waals surface area contributed by atoms with Crippen LogP contribution in [0.1, 0.15) is 40.0 Å². The third-order valence-electron chi connectivity index (χ3n) is 4.91. The fourth-order valence-corrected chi connectivity index (χ4v) is 4.23. The van der Waals surface area contributed by atoms with Crippen molar-refractivity contribution < 1.29 is 13.2 Å². The number of amides is 1. The molecule has 1 aliphatic rings. The summed E-state index contributed by atoms with van der Waals surface area (Å²) in [6, 6.07) is 15.3. The van der Waals surface area contributed by atoms with Gasteiger partial charge in [-0.2, -0.15) is 0 Å². The van der Waals surface area contributed by atoms with Crippen LogP contribution in [-0.4, -0.2) is 45.1 Å². The highest BCUT2D eigenvalue weighted by atomic mass is 32.2. The summed E-state index contributed by atoms with van der Waals surface area (Å²) in [5.41, 5.74) is 3.69. The van der Waals surface area contributed by atoms with E-state index in [1.165, 1.54) is 11.8 Å². The molecule has 0 spiro atoms. The molecule has 1 atom stereocenters. The first kappa shape index (κ1) is 19.6. The van der Waals surface area contributed by atoms with Crippen molar-refractivity contribution in [1.29, 1.82) is 0 Å². The van der Waals surface area contributed by atoms with Gasteiger partial charge in [-0.15, -0.1) is 0 Å². The number of nitrogens with zero attached hydrogens (tertiary/aromatic N) is 1. The van der Waals surface area contributed by atoms with Crippen molar-refractivity contribution >= 4 is 15.7 Å². The Hall–Kier alpha value is -2.18. The van der Waals surface area contributed by atoms with Crippen LogP contribution >= 0.6 is 0 Å². The summed E-state index contributed by atoms with van der Waals surface area (Å²) in [6.07, 6.45) is 2.20. The summed E-state index contributed by atoms with van der Waals surface area (Å²) in [7, 11) is -3.08. The largest absolute Gasteiger partial charge is 0.329 e. The molecule has 1 amide bonds. The second-order valence-electron chi connectivity index (χ2n) is 7.08. The van der Waals surface area contributed by atoms with E-state index in [1.807, 2.05) is 4.90 Å². The molecule has 2 aromatic rings. The highest BCUT2D eigenvalue weighted by Gasteiger charge is 2.28. The minimum atomic E-state index is -3.08. The number of hydrogen-bond donors (Lipinski definition) is 1. The highest BCUT2D eigenvalue weighted by Crippen LogP contribution is 2.25. The lowest BCUT2D eigenvalue weighted by Gasteiger charge is -2.36. The Morgan fingerprint density at radius 2 is 1.70 bits per heavy atom. The minimum absolute atomic E-state index is 0.00662. The monoisotopic (exact) mass is 386 g/mol. The topological polar surface area (TPSA) is 66.5 Å². The van der Waals surface area contributed by atoms with Gasteiger partial charge >= 0.3 is 0 Å². The lowest BCUT2D eigenvalue weighted by atomic mass is 10.00. The minimum Gasteiger partial charge on any atom is -0.329 e. The van der Waals surface area contributed by atoms with E-state index in [9.17, 15) is 13.2 Å². The number of piperazine rings is 1. The molecular formula is C21H26N2O3S. The quantitative estimate of drug-likeness (QED) is 0.858. The van der Waals surface area contributed by atoms with Crippen LogP contribution in [0.3, 0.4) is 0 Å². The summed E-state index contributed by atoms with van der Waals surface area (Å²) in [5, 5.41) is 3.37. The summed E-state index contributed by atoms with van der Waals surface area (Å²) < 4.78 is 22.9. The molecule has 0 saturated carbocycles. The zero-order valence-electron chi connectivity index (χ0n) is 15.8. The van der Waals surface area contributed by atoms with Crippen molar-refractivity contribution in [2.75, 3.05) is 25.9 Å². The standard InChI is InChI=1S/C21H26N2O3S/c1-3-16-4-8-18(9-5-16)20-14-22-12-13-23(20)21(24)19-10-6-17(7-11-19)15-27(2,25)26/h4-11,20,22H,3,12-15H2,1-2H3. The molecule has 5 nitrogen and oxygen atoms in total. The lowest BCUT2D eigenvalue weighted by Crippen LogP contribution is -2.48. The molecule has 1 N–H and O–H groups in total. The number of rotatable bonds is 5. The Balaban J connectivity index is 1.80. The van der Waals surface area contributed by atoms with Crippen LogP contribution in [0.4, 0.5) is 0 Å². The van der Waals surface area contributed by atoms with Crippen molar-refractivity contribution in [3.8, 4) is 0 Å². The molecule has 3 rings (SSSR count). The molecule has 1 unspecified atom stereocenters. The van der Waals surface area contributed by atoms with E-state index < -0.39 is 9.84 Å². The van der Waals surface area contributed by atoms with Crippen molar-refractivity contribution in [3.05, 3.63) is 70.8 Å². The Morgan fingerprint density at radius 1 is 1.07 bits per heavy atom. The zero-order chi connectivity index (χ0) is 19.4. The Bertz CT molecular complexity index is 890. The van der Waals surface area contributed by atoms with E-state index in [0.29, 0.717) is 17.7 Å². The van der Waals surface area contributed by atoms with Gasteiger partial charge in [0.05, 0.1) is 11.8 Å². The van der Waals surface area contributed by atoms with Crippen LogP contribution in [0.2, 0.25) is 0 Å². The highest BCUT2D eigenvalue weighted by molar-refractivity contribution is 7.89. The number of hydrogen-bond acceptors (Lipinski definition) is 4. The first-order chi connectivity index (χ1) is 12.9. The predicted molar refractivity (Wildman–Crippen MR) is 107 cm³/mol. The normalized spacial score (nSPS) is 17.7. The average Bonchev–Trinajstić information content (AvgIpc) is 2.67. The summed E-state index contributed by atoms with van der Waals surface area (Å²) in [4.78, 5) is 15.0. The first-order valence-electron chi connectivity index (χ1n) is 9.24. The Labute approximate surface area is 161 Å². The van der Waals surface area contributed by atoms with Crippen LogP contribution in [0.15, 0.2) is 48.5 Å². The van der Waals surface area contributed by atoms with Crippen molar-refractivity contribution in [3.63, 3.8) is 0 Å². The van der Waals surface area contributed by atoms with Crippen LogP contribution in [-0.2, 0) is 22.0 Å². The number of carbonyl (C=O) groups is 1. The molecule has 1 saturated heterocycles. The number of aryl methyl sites for hydroxylation is 1. The summed E-state index contributed by atoms with van der Waals surface area (Å²) in [5.74, 6) is -0.0337. The molecule has 0 radical (unpaired) electrons. The fraction of sp³-hybridized carbons (Fsp3) is 0.381. The first-order valence-corrected chi connectivity index (χ1v) is 11.3. The maximum absolute atomic E-state index is 13.1. The van der Waals surface area contributed by atoms with Gasteiger partial charge in [0, 0.05) is 31.5 Å². The van der Waals surface area contributed by atoms with Crippen molar-refractivity contribution in [2.24, 2.45) is 0 Å². The van der Waals surface area contributed by atoms with Gasteiger partial charge in [0.15, 0.2) is 9.84 Å². The van der Waals surface area contributed by atoms with E-state index >= 15 is 0 Å². The fourth-order valence-electron chi connectivity index (χ4n) is 3.43. The molecule has 2 aromatic carbocycles. The van der Waals surface area contributed by atoms with Gasteiger partial charge in [0.25, 0.3) is 5.91 Å². The Kier molecular flexibility index (Phi) is 5.97. The molecule has 6 heteroatoms. The van der Waals surface area contributed by atoms with E-state index in [0.717, 1.165) is 25.1 Å². The maximum Gasteiger partial charge on any atom is 0.254 e. The van der Waals surface area contributed by atoms with Gasteiger partial charge in [0.1, 0.15) is 0 Å². The second kappa shape index (κ2) is 8.23. The van der Waals surface area contributed by atoms with Crippen molar-refractivity contribution in [1.82, 2.24) is 10.2 Å². The predicted octanol–water partition coefficient (Wildman–Crippen LogP) is 2.58. The van der Waals surface area contributed by atoms with Gasteiger partial charge in [-0.25, -0.2) is 8.42 Å². The van der Waals surface area contributed by atoms with Crippen LogP contribution in [0.25, 0.3) is 0 Å². The molecule has 0 aromatic heterocycles.